The van der Waals surface area contributed by atoms with E-state index in [1.54, 1.807) is 29.9 Å². The van der Waals surface area contributed by atoms with Crippen molar-refractivity contribution in [1.82, 2.24) is 25.2 Å². The number of nitrogens with one attached hydrogen (secondary N) is 1. The van der Waals surface area contributed by atoms with Crippen molar-refractivity contribution < 1.29 is 14.1 Å². The number of carbonyl (C=O) groups is 1. The van der Waals surface area contributed by atoms with Crippen molar-refractivity contribution in [1.29, 1.82) is 0 Å². The van der Waals surface area contributed by atoms with Gasteiger partial charge in [0.25, 0.3) is 0 Å². The van der Waals surface area contributed by atoms with Crippen LogP contribution < -0.4 is 10.1 Å². The molecule has 3 rings (SSSR count). The summed E-state index contributed by atoms with van der Waals surface area (Å²) in [7, 11) is 3.34. The summed E-state index contributed by atoms with van der Waals surface area (Å²) in [5, 5.41) is 11.3. The minimum absolute atomic E-state index is 0.202. The summed E-state index contributed by atoms with van der Waals surface area (Å²) in [6.45, 7) is 4.27. The Bertz CT molecular complexity index is 933. The van der Waals surface area contributed by atoms with Gasteiger partial charge < -0.3 is 19.5 Å². The van der Waals surface area contributed by atoms with Crippen LogP contribution in [0.1, 0.15) is 36.9 Å². The number of hydrogen-bond acceptors (Lipinski definition) is 5. The fourth-order valence-electron chi connectivity index (χ4n) is 2.79. The summed E-state index contributed by atoms with van der Waals surface area (Å²) in [5.41, 5.74) is 2.60. The van der Waals surface area contributed by atoms with Crippen molar-refractivity contribution in [3.05, 3.63) is 59.7 Å². The molecule has 8 nitrogen and oxygen atoms in total. The molecule has 0 unspecified atom stereocenters. The molecule has 0 radical (unpaired) electrons. The number of rotatable bonds is 7. The van der Waals surface area contributed by atoms with Crippen LogP contribution in [0, 0.1) is 0 Å². The molecule has 3 aromatic rings. The highest BCUT2D eigenvalue weighted by molar-refractivity contribution is 5.74. The number of ether oxygens (including phenoxy) is 1. The van der Waals surface area contributed by atoms with Gasteiger partial charge in [0.2, 0.25) is 0 Å². The maximum absolute atomic E-state index is 12.5. The van der Waals surface area contributed by atoms with E-state index in [0.29, 0.717) is 12.3 Å². The zero-order valence-electron chi connectivity index (χ0n) is 16.5. The summed E-state index contributed by atoms with van der Waals surface area (Å²) in [6.07, 6.45) is 4.42. The van der Waals surface area contributed by atoms with Gasteiger partial charge in [-0.05, 0) is 25.5 Å². The lowest BCUT2D eigenvalue weighted by atomic mass is 10.2. The third-order valence-electron chi connectivity index (χ3n) is 4.48. The highest BCUT2D eigenvalue weighted by atomic mass is 16.5. The van der Waals surface area contributed by atoms with Crippen molar-refractivity contribution in [2.75, 3.05) is 14.2 Å². The minimum atomic E-state index is -0.209. The van der Waals surface area contributed by atoms with Crippen LogP contribution in [0.5, 0.6) is 5.75 Å². The molecule has 2 amide bonds. The van der Waals surface area contributed by atoms with Crippen LogP contribution in [0.3, 0.4) is 0 Å². The largest absolute Gasteiger partial charge is 0.494 e. The first-order valence-corrected chi connectivity index (χ1v) is 9.15. The molecule has 2 heterocycles. The highest BCUT2D eigenvalue weighted by Crippen LogP contribution is 2.23. The molecular formula is C20H25N5O3. The summed E-state index contributed by atoms with van der Waals surface area (Å²) in [5.74, 6) is 1.39. The van der Waals surface area contributed by atoms with E-state index in [0.717, 1.165) is 29.1 Å². The third kappa shape index (κ3) is 4.33. The second-order valence-corrected chi connectivity index (χ2v) is 6.56. The smallest absolute Gasteiger partial charge is 0.318 e. The fourth-order valence-corrected chi connectivity index (χ4v) is 2.79. The first-order chi connectivity index (χ1) is 13.5. The molecule has 0 aliphatic rings. The molecule has 0 saturated heterocycles. The Morgan fingerprint density at radius 3 is 2.89 bits per heavy atom. The number of benzene rings is 1. The van der Waals surface area contributed by atoms with Gasteiger partial charge in [0.05, 0.1) is 31.6 Å². The van der Waals surface area contributed by atoms with Crippen LogP contribution in [-0.4, -0.2) is 40.0 Å². The van der Waals surface area contributed by atoms with Crippen LogP contribution in [0.4, 0.5) is 4.79 Å². The number of aryl methyl sites for hydroxylation is 1. The molecular weight excluding hydrogens is 358 g/mol. The Morgan fingerprint density at radius 1 is 1.39 bits per heavy atom. The predicted octanol–water partition coefficient (Wildman–Crippen LogP) is 3.33. The normalized spacial score (nSPS) is 11.9. The molecule has 0 aliphatic heterocycles. The van der Waals surface area contributed by atoms with E-state index in [1.807, 2.05) is 50.4 Å². The number of para-hydroxylation sites is 2. The lowest BCUT2D eigenvalue weighted by Crippen LogP contribution is -2.38. The molecule has 2 aromatic heterocycles. The Labute approximate surface area is 164 Å². The van der Waals surface area contributed by atoms with Gasteiger partial charge in [-0.1, -0.05) is 24.2 Å². The number of nitrogens with zero attached hydrogens (tertiary/aromatic N) is 4. The van der Waals surface area contributed by atoms with Crippen molar-refractivity contribution in [2.24, 2.45) is 0 Å². The molecule has 148 valence electrons. The van der Waals surface area contributed by atoms with Gasteiger partial charge in [0.15, 0.2) is 5.76 Å². The number of carbonyl (C=O) groups excluding carboxylic acids is 1. The van der Waals surface area contributed by atoms with E-state index < -0.39 is 0 Å². The predicted molar refractivity (Wildman–Crippen MR) is 104 cm³/mol. The van der Waals surface area contributed by atoms with E-state index in [9.17, 15) is 4.79 Å². The maximum Gasteiger partial charge on any atom is 0.318 e. The van der Waals surface area contributed by atoms with Gasteiger partial charge in [0, 0.05) is 24.9 Å². The molecule has 28 heavy (non-hydrogen) atoms. The molecule has 1 N–H and O–H groups in total. The Morgan fingerprint density at radius 2 is 2.18 bits per heavy atom. The molecule has 1 atom stereocenters. The number of methoxy groups -OCH3 is 1. The van der Waals surface area contributed by atoms with Crippen molar-refractivity contribution in [2.45, 2.75) is 32.9 Å². The van der Waals surface area contributed by atoms with Crippen LogP contribution in [0.15, 0.2) is 47.2 Å². The van der Waals surface area contributed by atoms with Crippen LogP contribution in [0.2, 0.25) is 0 Å². The third-order valence-corrected chi connectivity index (χ3v) is 4.48. The Balaban J connectivity index is 1.63. The van der Waals surface area contributed by atoms with E-state index in [4.69, 9.17) is 9.26 Å². The van der Waals surface area contributed by atoms with Crippen molar-refractivity contribution in [3.8, 4) is 11.4 Å². The minimum Gasteiger partial charge on any atom is -0.494 e. The van der Waals surface area contributed by atoms with Gasteiger partial charge in [-0.2, -0.15) is 5.10 Å². The SMILES string of the molecule is CCc1cc(CN(C)C(=O)N[C@@H](C)c2cnn(-c3ccccc3OC)c2)on1. The van der Waals surface area contributed by atoms with Crippen molar-refractivity contribution >= 4 is 6.03 Å². The maximum atomic E-state index is 12.5. The van der Waals surface area contributed by atoms with Crippen LogP contribution >= 0.6 is 0 Å². The second kappa shape index (κ2) is 8.60. The quantitative estimate of drug-likeness (QED) is 0.676. The molecule has 1 aromatic carbocycles. The van der Waals surface area contributed by atoms with E-state index in [1.165, 1.54) is 0 Å². The average molecular weight is 383 g/mol. The molecule has 0 aliphatic carbocycles. The van der Waals surface area contributed by atoms with E-state index in [-0.39, 0.29) is 12.1 Å². The zero-order valence-corrected chi connectivity index (χ0v) is 16.5. The summed E-state index contributed by atoms with van der Waals surface area (Å²) >= 11 is 0. The van der Waals surface area contributed by atoms with Gasteiger partial charge in [-0.25, -0.2) is 9.48 Å². The van der Waals surface area contributed by atoms with E-state index >= 15 is 0 Å². The lowest BCUT2D eigenvalue weighted by Gasteiger charge is -2.19. The number of hydrogen-bond donors (Lipinski definition) is 1. The molecule has 0 saturated carbocycles. The molecule has 8 heteroatoms. The first kappa shape index (κ1) is 19.5. The summed E-state index contributed by atoms with van der Waals surface area (Å²) in [4.78, 5) is 14.0. The highest BCUT2D eigenvalue weighted by Gasteiger charge is 2.17. The zero-order chi connectivity index (χ0) is 20.1. The van der Waals surface area contributed by atoms with Gasteiger partial charge in [-0.3, -0.25) is 0 Å². The standard InChI is InChI=1S/C20H25N5O3/c1-5-16-10-17(28-23-16)13-24(3)20(26)22-14(2)15-11-21-25(12-15)18-8-6-7-9-19(18)27-4/h6-12,14H,5,13H2,1-4H3,(H,22,26)/t14-/m0/s1. The first-order valence-electron chi connectivity index (χ1n) is 9.15. The van der Waals surface area contributed by atoms with Crippen LogP contribution in [-0.2, 0) is 13.0 Å². The lowest BCUT2D eigenvalue weighted by molar-refractivity contribution is 0.197. The van der Waals surface area contributed by atoms with Gasteiger partial charge in [0.1, 0.15) is 11.4 Å². The number of amides is 2. The molecule has 0 spiro atoms. The summed E-state index contributed by atoms with van der Waals surface area (Å²) < 4.78 is 12.4. The number of urea groups is 1. The second-order valence-electron chi connectivity index (χ2n) is 6.56. The molecule has 0 fully saturated rings. The summed E-state index contributed by atoms with van der Waals surface area (Å²) in [6, 6.07) is 9.09. The van der Waals surface area contributed by atoms with Crippen LogP contribution in [0.25, 0.3) is 5.69 Å². The van der Waals surface area contributed by atoms with Gasteiger partial charge in [-0.15, -0.1) is 0 Å². The van der Waals surface area contributed by atoms with E-state index in [2.05, 4.69) is 15.6 Å². The van der Waals surface area contributed by atoms with Gasteiger partial charge >= 0.3 is 6.03 Å². The molecule has 0 bridgehead atoms. The topological polar surface area (TPSA) is 85.4 Å². The fraction of sp³-hybridized carbons (Fsp3) is 0.350. The van der Waals surface area contributed by atoms with Crippen molar-refractivity contribution in [3.63, 3.8) is 0 Å². The monoisotopic (exact) mass is 383 g/mol. The Kier molecular flexibility index (Phi) is 5.98. The Hall–Kier alpha value is -3.29. The average Bonchev–Trinajstić information content (AvgIpc) is 3.37. The number of aromatic nitrogens is 3.